The number of alkyl halides is 1. The maximum absolute atomic E-state index is 5.76. The Morgan fingerprint density at radius 2 is 1.50 bits per heavy atom. The molecule has 114 valence electrons. The molecule has 0 N–H and O–H groups in total. The Labute approximate surface area is 137 Å². The number of rotatable bonds is 7. The van der Waals surface area contributed by atoms with Crippen LogP contribution in [-0.2, 0) is 6.54 Å². The number of nitrogens with zero attached hydrogens (tertiary/aromatic N) is 1. The molecule has 0 spiro atoms. The van der Waals surface area contributed by atoms with Crippen molar-refractivity contribution in [3.8, 4) is 11.3 Å². The zero-order chi connectivity index (χ0) is 15.2. The maximum Gasteiger partial charge on any atom is 0.0491 e. The lowest BCUT2D eigenvalue weighted by molar-refractivity contribution is 0.597. The molecule has 1 nitrogen and oxygen atoms in total. The molecule has 0 amide bonds. The summed E-state index contributed by atoms with van der Waals surface area (Å²) in [5.41, 5.74) is 3.94. The summed E-state index contributed by atoms with van der Waals surface area (Å²) in [5.74, 6) is 0.779. The van der Waals surface area contributed by atoms with Crippen molar-refractivity contribution in [3.63, 3.8) is 0 Å². The minimum Gasteiger partial charge on any atom is -0.340 e. The van der Waals surface area contributed by atoms with Gasteiger partial charge in [0.25, 0.3) is 0 Å². The second kappa shape index (κ2) is 7.51. The van der Waals surface area contributed by atoms with Crippen LogP contribution in [0.15, 0.2) is 60.7 Å². The fraction of sp³-hybridized carbons (Fsp3) is 0.300. The van der Waals surface area contributed by atoms with Gasteiger partial charge in [-0.25, -0.2) is 0 Å². The number of fused-ring (bicyclic) bond motifs is 1. The molecule has 0 atom stereocenters. The Morgan fingerprint density at radius 1 is 0.773 bits per heavy atom. The van der Waals surface area contributed by atoms with Gasteiger partial charge < -0.3 is 4.57 Å². The first-order chi connectivity index (χ1) is 10.9. The number of hydrogen-bond acceptors (Lipinski definition) is 0. The Bertz CT molecular complexity index is 715. The predicted octanol–water partition coefficient (Wildman–Crippen LogP) is 6.11. The van der Waals surface area contributed by atoms with Gasteiger partial charge in [-0.1, -0.05) is 61.4 Å². The maximum atomic E-state index is 5.76. The molecule has 0 aliphatic carbocycles. The SMILES string of the molecule is ClCCCCCCn1c(-c2ccccc2)cc2ccccc21. The Hall–Kier alpha value is -1.73. The molecular formula is C20H22ClN. The first-order valence-electron chi connectivity index (χ1n) is 8.10. The average molecular weight is 312 g/mol. The summed E-state index contributed by atoms with van der Waals surface area (Å²) >= 11 is 5.76. The van der Waals surface area contributed by atoms with Crippen molar-refractivity contribution in [2.45, 2.75) is 32.2 Å². The van der Waals surface area contributed by atoms with E-state index in [9.17, 15) is 0 Å². The highest BCUT2D eigenvalue weighted by Gasteiger charge is 2.09. The second-order valence-electron chi connectivity index (χ2n) is 5.71. The third-order valence-electron chi connectivity index (χ3n) is 4.15. The molecule has 22 heavy (non-hydrogen) atoms. The molecule has 0 fully saturated rings. The van der Waals surface area contributed by atoms with Crippen molar-refractivity contribution in [2.24, 2.45) is 0 Å². The smallest absolute Gasteiger partial charge is 0.0491 e. The van der Waals surface area contributed by atoms with Crippen LogP contribution < -0.4 is 0 Å². The molecule has 2 aromatic carbocycles. The lowest BCUT2D eigenvalue weighted by Gasteiger charge is -2.11. The zero-order valence-corrected chi connectivity index (χ0v) is 13.6. The van der Waals surface area contributed by atoms with Crippen molar-refractivity contribution in [1.29, 1.82) is 0 Å². The van der Waals surface area contributed by atoms with Gasteiger partial charge in [-0.15, -0.1) is 11.6 Å². The predicted molar refractivity (Wildman–Crippen MR) is 96.6 cm³/mol. The van der Waals surface area contributed by atoms with E-state index in [0.717, 1.165) is 18.8 Å². The standard InChI is InChI=1S/C20H22ClN/c21-14-8-1-2-9-15-22-19-13-7-6-12-18(19)16-20(22)17-10-4-3-5-11-17/h3-7,10-13,16H,1-2,8-9,14-15H2. The monoisotopic (exact) mass is 311 g/mol. The fourth-order valence-corrected chi connectivity index (χ4v) is 3.21. The van der Waals surface area contributed by atoms with Crippen LogP contribution in [-0.4, -0.2) is 10.4 Å². The van der Waals surface area contributed by atoms with E-state index >= 15 is 0 Å². The van der Waals surface area contributed by atoms with Gasteiger partial charge in [0, 0.05) is 29.0 Å². The second-order valence-corrected chi connectivity index (χ2v) is 6.09. The Kier molecular flexibility index (Phi) is 5.18. The van der Waals surface area contributed by atoms with Crippen LogP contribution in [0.4, 0.5) is 0 Å². The van der Waals surface area contributed by atoms with Crippen LogP contribution >= 0.6 is 11.6 Å². The summed E-state index contributed by atoms with van der Waals surface area (Å²) < 4.78 is 2.46. The van der Waals surface area contributed by atoms with Crippen molar-refractivity contribution >= 4 is 22.5 Å². The van der Waals surface area contributed by atoms with Crippen LogP contribution in [0.2, 0.25) is 0 Å². The minimum atomic E-state index is 0.779. The molecule has 0 aliphatic rings. The van der Waals surface area contributed by atoms with Crippen molar-refractivity contribution in [1.82, 2.24) is 4.57 Å². The van der Waals surface area contributed by atoms with E-state index in [1.165, 1.54) is 41.4 Å². The van der Waals surface area contributed by atoms with Gasteiger partial charge >= 0.3 is 0 Å². The highest BCUT2D eigenvalue weighted by molar-refractivity contribution is 6.17. The largest absolute Gasteiger partial charge is 0.340 e. The summed E-state index contributed by atoms with van der Waals surface area (Å²) in [6, 6.07) is 21.6. The Balaban J connectivity index is 1.88. The lowest BCUT2D eigenvalue weighted by Crippen LogP contribution is -2.00. The zero-order valence-electron chi connectivity index (χ0n) is 12.8. The van der Waals surface area contributed by atoms with Crippen LogP contribution in [0.1, 0.15) is 25.7 Å². The van der Waals surface area contributed by atoms with Crippen LogP contribution in [0, 0.1) is 0 Å². The molecule has 0 saturated carbocycles. The molecule has 3 aromatic rings. The third kappa shape index (κ3) is 3.36. The van der Waals surface area contributed by atoms with Gasteiger partial charge in [-0.05, 0) is 30.5 Å². The summed E-state index contributed by atoms with van der Waals surface area (Å²) in [5, 5.41) is 1.32. The minimum absolute atomic E-state index is 0.779. The molecule has 3 rings (SSSR count). The van der Waals surface area contributed by atoms with E-state index < -0.39 is 0 Å². The van der Waals surface area contributed by atoms with Gasteiger partial charge in [-0.3, -0.25) is 0 Å². The first kappa shape index (κ1) is 15.2. The topological polar surface area (TPSA) is 4.93 Å². The van der Waals surface area contributed by atoms with E-state index in [1.54, 1.807) is 0 Å². The fourth-order valence-electron chi connectivity index (χ4n) is 3.02. The normalized spacial score (nSPS) is 11.1. The molecular weight excluding hydrogens is 290 g/mol. The number of hydrogen-bond donors (Lipinski definition) is 0. The molecule has 1 aromatic heterocycles. The Morgan fingerprint density at radius 3 is 2.32 bits per heavy atom. The van der Waals surface area contributed by atoms with Crippen LogP contribution in [0.5, 0.6) is 0 Å². The number of unbranched alkanes of at least 4 members (excludes halogenated alkanes) is 3. The molecule has 0 radical (unpaired) electrons. The van der Waals surface area contributed by atoms with E-state index in [0.29, 0.717) is 0 Å². The number of aromatic nitrogens is 1. The summed E-state index contributed by atoms with van der Waals surface area (Å²) in [4.78, 5) is 0. The third-order valence-corrected chi connectivity index (χ3v) is 4.41. The first-order valence-corrected chi connectivity index (χ1v) is 8.63. The molecule has 0 bridgehead atoms. The van der Waals surface area contributed by atoms with Gasteiger partial charge in [0.15, 0.2) is 0 Å². The van der Waals surface area contributed by atoms with Gasteiger partial charge in [0.05, 0.1) is 0 Å². The molecule has 0 saturated heterocycles. The van der Waals surface area contributed by atoms with Crippen LogP contribution in [0.3, 0.4) is 0 Å². The van der Waals surface area contributed by atoms with E-state index in [1.807, 2.05) is 0 Å². The quantitative estimate of drug-likeness (QED) is 0.366. The van der Waals surface area contributed by atoms with Crippen molar-refractivity contribution in [3.05, 3.63) is 60.7 Å². The highest BCUT2D eigenvalue weighted by atomic mass is 35.5. The van der Waals surface area contributed by atoms with Gasteiger partial charge in [0.2, 0.25) is 0 Å². The molecule has 0 unspecified atom stereocenters. The summed E-state index contributed by atoms with van der Waals surface area (Å²) in [6.07, 6.45) is 4.80. The average Bonchev–Trinajstić information content (AvgIpc) is 2.94. The lowest BCUT2D eigenvalue weighted by atomic mass is 10.1. The number of benzene rings is 2. The molecule has 0 aliphatic heterocycles. The molecule has 1 heterocycles. The van der Waals surface area contributed by atoms with Crippen LogP contribution in [0.25, 0.3) is 22.2 Å². The van der Waals surface area contributed by atoms with Crippen molar-refractivity contribution in [2.75, 3.05) is 5.88 Å². The van der Waals surface area contributed by atoms with Crippen molar-refractivity contribution < 1.29 is 0 Å². The van der Waals surface area contributed by atoms with E-state index in [-0.39, 0.29) is 0 Å². The van der Waals surface area contributed by atoms with Gasteiger partial charge in [0.1, 0.15) is 0 Å². The molecule has 2 heteroatoms. The summed E-state index contributed by atoms with van der Waals surface area (Å²) in [7, 11) is 0. The number of aryl methyl sites for hydroxylation is 1. The van der Waals surface area contributed by atoms with Gasteiger partial charge in [-0.2, -0.15) is 0 Å². The highest BCUT2D eigenvalue weighted by Crippen LogP contribution is 2.28. The number of para-hydroxylation sites is 1. The summed E-state index contributed by atoms with van der Waals surface area (Å²) in [6.45, 7) is 1.07. The van der Waals surface area contributed by atoms with E-state index in [4.69, 9.17) is 11.6 Å². The van der Waals surface area contributed by atoms with E-state index in [2.05, 4.69) is 65.2 Å². The number of halogens is 1.